The van der Waals surface area contributed by atoms with Crippen LogP contribution in [0.3, 0.4) is 0 Å². The Morgan fingerprint density at radius 2 is 2.00 bits per heavy atom. The van der Waals surface area contributed by atoms with Crippen molar-refractivity contribution < 1.29 is 14.3 Å². The van der Waals surface area contributed by atoms with Crippen molar-refractivity contribution in [2.75, 3.05) is 12.4 Å². The van der Waals surface area contributed by atoms with Gasteiger partial charge in [0.05, 0.1) is 7.11 Å². The van der Waals surface area contributed by atoms with Crippen LogP contribution < -0.4 is 10.1 Å². The van der Waals surface area contributed by atoms with Crippen molar-refractivity contribution in [1.29, 1.82) is 0 Å². The third-order valence-corrected chi connectivity index (χ3v) is 2.85. The monoisotopic (exact) mass is 269 g/mol. The number of benzene rings is 2. The first-order chi connectivity index (χ1) is 9.63. The molecular weight excluding hydrogens is 254 g/mol. The summed E-state index contributed by atoms with van der Waals surface area (Å²) in [6, 6.07) is 12.6. The Bertz CT molecular complexity index is 650. The van der Waals surface area contributed by atoms with Gasteiger partial charge in [0.15, 0.2) is 0 Å². The Balaban J connectivity index is 2.49. The van der Waals surface area contributed by atoms with Gasteiger partial charge in [-0.1, -0.05) is 12.1 Å². The lowest BCUT2D eigenvalue weighted by atomic mass is 10.0. The molecule has 0 saturated heterocycles. The van der Waals surface area contributed by atoms with Crippen LogP contribution in [0.5, 0.6) is 5.75 Å². The minimum atomic E-state index is -0.129. The van der Waals surface area contributed by atoms with Crippen molar-refractivity contribution in [2.24, 2.45) is 0 Å². The van der Waals surface area contributed by atoms with Gasteiger partial charge in [0, 0.05) is 23.7 Å². The maximum absolute atomic E-state index is 11.1. The second-order valence-electron chi connectivity index (χ2n) is 4.34. The summed E-state index contributed by atoms with van der Waals surface area (Å²) in [7, 11) is 1.58. The number of anilines is 1. The topological polar surface area (TPSA) is 55.4 Å². The summed E-state index contributed by atoms with van der Waals surface area (Å²) in [5, 5.41) is 2.73. The van der Waals surface area contributed by atoms with Crippen molar-refractivity contribution in [3.8, 4) is 16.9 Å². The van der Waals surface area contributed by atoms with E-state index in [4.69, 9.17) is 4.74 Å². The molecule has 0 radical (unpaired) electrons. The summed E-state index contributed by atoms with van der Waals surface area (Å²) in [6.07, 6.45) is 0.792. The van der Waals surface area contributed by atoms with Gasteiger partial charge in [0.1, 0.15) is 12.0 Å². The third-order valence-electron chi connectivity index (χ3n) is 2.85. The molecule has 4 heteroatoms. The van der Waals surface area contributed by atoms with E-state index < -0.39 is 0 Å². The minimum absolute atomic E-state index is 0.129. The predicted octanol–water partition coefficient (Wildman–Crippen LogP) is 3.13. The van der Waals surface area contributed by atoms with E-state index in [0.29, 0.717) is 17.0 Å². The van der Waals surface area contributed by atoms with Crippen LogP contribution >= 0.6 is 0 Å². The Morgan fingerprint density at radius 3 is 2.65 bits per heavy atom. The van der Waals surface area contributed by atoms with Crippen molar-refractivity contribution in [1.82, 2.24) is 0 Å². The number of carbonyl (C=O) groups excluding carboxylic acids is 2. The van der Waals surface area contributed by atoms with E-state index >= 15 is 0 Å². The first kappa shape index (κ1) is 13.8. The lowest BCUT2D eigenvalue weighted by molar-refractivity contribution is -0.114. The highest BCUT2D eigenvalue weighted by atomic mass is 16.5. The van der Waals surface area contributed by atoms with E-state index in [1.807, 2.05) is 18.2 Å². The molecule has 0 fully saturated rings. The molecule has 20 heavy (non-hydrogen) atoms. The van der Waals surface area contributed by atoms with Crippen molar-refractivity contribution in [2.45, 2.75) is 6.92 Å². The maximum atomic E-state index is 11.1. The van der Waals surface area contributed by atoms with Crippen LogP contribution in [0.2, 0.25) is 0 Å². The van der Waals surface area contributed by atoms with Crippen molar-refractivity contribution >= 4 is 17.9 Å². The number of nitrogens with one attached hydrogen (secondary N) is 1. The van der Waals surface area contributed by atoms with Crippen LogP contribution in [-0.2, 0) is 4.79 Å². The first-order valence-electron chi connectivity index (χ1n) is 6.15. The summed E-state index contributed by atoms with van der Waals surface area (Å²) in [6.45, 7) is 1.46. The molecule has 0 spiro atoms. The molecule has 0 aliphatic heterocycles. The molecular formula is C16H15NO3. The van der Waals surface area contributed by atoms with Gasteiger partial charge in [-0.15, -0.1) is 0 Å². The van der Waals surface area contributed by atoms with Crippen LogP contribution in [-0.4, -0.2) is 19.3 Å². The van der Waals surface area contributed by atoms with E-state index in [1.165, 1.54) is 6.92 Å². The maximum Gasteiger partial charge on any atom is 0.221 e. The highest BCUT2D eigenvalue weighted by Gasteiger charge is 2.08. The fourth-order valence-electron chi connectivity index (χ4n) is 1.99. The van der Waals surface area contributed by atoms with Gasteiger partial charge >= 0.3 is 0 Å². The Morgan fingerprint density at radius 1 is 1.20 bits per heavy atom. The largest absolute Gasteiger partial charge is 0.496 e. The number of hydrogen-bond donors (Lipinski definition) is 1. The third kappa shape index (κ3) is 3.03. The van der Waals surface area contributed by atoms with Crippen molar-refractivity contribution in [3.05, 3.63) is 48.0 Å². The lowest BCUT2D eigenvalue weighted by Crippen LogP contribution is -2.05. The number of carbonyl (C=O) groups is 2. The molecule has 0 aliphatic carbocycles. The van der Waals surface area contributed by atoms with Crippen LogP contribution in [0.15, 0.2) is 42.5 Å². The summed E-state index contributed by atoms with van der Waals surface area (Å²) in [5.74, 6) is 0.548. The van der Waals surface area contributed by atoms with Crippen LogP contribution in [0.1, 0.15) is 17.3 Å². The van der Waals surface area contributed by atoms with Crippen LogP contribution in [0.25, 0.3) is 11.1 Å². The molecule has 2 aromatic rings. The molecule has 0 heterocycles. The normalized spacial score (nSPS) is 9.90. The predicted molar refractivity (Wildman–Crippen MR) is 78.1 cm³/mol. The molecule has 0 atom stereocenters. The van der Waals surface area contributed by atoms with Gasteiger partial charge in [-0.25, -0.2) is 0 Å². The van der Waals surface area contributed by atoms with E-state index in [0.717, 1.165) is 17.4 Å². The Kier molecular flexibility index (Phi) is 4.15. The van der Waals surface area contributed by atoms with E-state index in [2.05, 4.69) is 5.32 Å². The van der Waals surface area contributed by atoms with Crippen molar-refractivity contribution in [3.63, 3.8) is 0 Å². The molecule has 2 aromatic carbocycles. The average molecular weight is 269 g/mol. The van der Waals surface area contributed by atoms with Gasteiger partial charge in [-0.3, -0.25) is 9.59 Å². The summed E-state index contributed by atoms with van der Waals surface area (Å²) in [5.41, 5.74) is 2.96. The quantitative estimate of drug-likeness (QED) is 0.867. The number of ether oxygens (including phenoxy) is 1. The van der Waals surface area contributed by atoms with Gasteiger partial charge in [-0.05, 0) is 35.9 Å². The molecule has 1 amide bonds. The molecule has 0 aromatic heterocycles. The highest BCUT2D eigenvalue weighted by Crippen LogP contribution is 2.32. The van der Waals surface area contributed by atoms with E-state index in [1.54, 1.807) is 31.4 Å². The number of hydrogen-bond acceptors (Lipinski definition) is 3. The molecule has 0 aliphatic rings. The molecule has 1 N–H and O–H groups in total. The second-order valence-corrected chi connectivity index (χ2v) is 4.34. The fraction of sp³-hybridized carbons (Fsp3) is 0.125. The molecule has 0 bridgehead atoms. The lowest BCUT2D eigenvalue weighted by Gasteiger charge is -2.11. The summed E-state index contributed by atoms with van der Waals surface area (Å²) >= 11 is 0. The zero-order chi connectivity index (χ0) is 14.5. The van der Waals surface area contributed by atoms with Gasteiger partial charge in [0.2, 0.25) is 5.91 Å². The molecule has 102 valence electrons. The highest BCUT2D eigenvalue weighted by molar-refractivity contribution is 5.90. The first-order valence-corrected chi connectivity index (χ1v) is 6.15. The number of rotatable bonds is 4. The van der Waals surface area contributed by atoms with E-state index in [9.17, 15) is 9.59 Å². The summed E-state index contributed by atoms with van der Waals surface area (Å²) in [4.78, 5) is 22.0. The van der Waals surface area contributed by atoms with E-state index in [-0.39, 0.29) is 5.91 Å². The van der Waals surface area contributed by atoms with Crippen LogP contribution in [0.4, 0.5) is 5.69 Å². The Hall–Kier alpha value is -2.62. The second kappa shape index (κ2) is 6.02. The standard InChI is InChI=1S/C16H15NO3/c1-11(19)17-14-5-3-4-13(9-14)15-8-12(10-18)6-7-16(15)20-2/h3-10H,1-2H3,(H,17,19). The molecule has 0 unspecified atom stereocenters. The number of methoxy groups -OCH3 is 1. The molecule has 2 rings (SSSR count). The number of amides is 1. The van der Waals surface area contributed by atoms with Gasteiger partial charge in [-0.2, -0.15) is 0 Å². The zero-order valence-corrected chi connectivity index (χ0v) is 11.3. The summed E-state index contributed by atoms with van der Waals surface area (Å²) < 4.78 is 5.32. The fourth-order valence-corrected chi connectivity index (χ4v) is 1.99. The molecule has 0 saturated carbocycles. The smallest absolute Gasteiger partial charge is 0.221 e. The molecule has 4 nitrogen and oxygen atoms in total. The van der Waals surface area contributed by atoms with Gasteiger partial charge < -0.3 is 10.1 Å². The average Bonchev–Trinajstić information content (AvgIpc) is 2.46. The van der Waals surface area contributed by atoms with Crippen LogP contribution in [0, 0.1) is 0 Å². The SMILES string of the molecule is COc1ccc(C=O)cc1-c1cccc(NC(C)=O)c1. The number of aldehydes is 1. The zero-order valence-electron chi connectivity index (χ0n) is 11.3. The minimum Gasteiger partial charge on any atom is -0.496 e. The Labute approximate surface area is 117 Å². The van der Waals surface area contributed by atoms with Gasteiger partial charge in [0.25, 0.3) is 0 Å².